The first-order valence-electron chi connectivity index (χ1n) is 7.34. The van der Waals surface area contributed by atoms with Gasteiger partial charge in [0.25, 0.3) is 0 Å². The summed E-state index contributed by atoms with van der Waals surface area (Å²) in [4.78, 5) is 0. The molecule has 0 bridgehead atoms. The highest BCUT2D eigenvalue weighted by molar-refractivity contribution is 5.32. The maximum atomic E-state index is 5.78. The minimum Gasteiger partial charge on any atom is -0.375 e. The van der Waals surface area contributed by atoms with Crippen molar-refractivity contribution in [1.82, 2.24) is 5.32 Å². The van der Waals surface area contributed by atoms with Gasteiger partial charge in [0.15, 0.2) is 0 Å². The van der Waals surface area contributed by atoms with E-state index in [-0.39, 0.29) is 5.60 Å². The zero-order chi connectivity index (χ0) is 14.0. The summed E-state index contributed by atoms with van der Waals surface area (Å²) in [6.45, 7) is 11.8. The Morgan fingerprint density at radius 2 is 2.05 bits per heavy atom. The Morgan fingerprint density at radius 3 is 2.68 bits per heavy atom. The molecule has 1 fully saturated rings. The molecule has 0 aliphatic carbocycles. The first-order valence-corrected chi connectivity index (χ1v) is 7.34. The molecular formula is C17H27NO. The van der Waals surface area contributed by atoms with E-state index in [0.717, 1.165) is 19.4 Å². The minimum atomic E-state index is 0.0119. The van der Waals surface area contributed by atoms with Crippen LogP contribution in [0.4, 0.5) is 0 Å². The maximum absolute atomic E-state index is 5.78. The number of benzene rings is 1. The summed E-state index contributed by atoms with van der Waals surface area (Å²) < 4.78 is 5.78. The van der Waals surface area contributed by atoms with Gasteiger partial charge in [-0.05, 0) is 58.6 Å². The molecule has 19 heavy (non-hydrogen) atoms. The largest absolute Gasteiger partial charge is 0.375 e. The van der Waals surface area contributed by atoms with Crippen molar-refractivity contribution in [3.05, 3.63) is 34.9 Å². The normalized spacial score (nSPS) is 24.2. The molecule has 0 amide bonds. The fourth-order valence-electron chi connectivity index (χ4n) is 3.13. The van der Waals surface area contributed by atoms with Crippen molar-refractivity contribution in [2.45, 2.75) is 65.1 Å². The Balaban J connectivity index is 2.02. The number of hydrogen-bond donors (Lipinski definition) is 1. The summed E-state index contributed by atoms with van der Waals surface area (Å²) in [5, 5.41) is 3.77. The van der Waals surface area contributed by atoms with Crippen LogP contribution in [0.3, 0.4) is 0 Å². The van der Waals surface area contributed by atoms with Crippen molar-refractivity contribution in [1.29, 1.82) is 0 Å². The smallest absolute Gasteiger partial charge is 0.0641 e. The molecule has 0 aromatic heterocycles. The SMILES string of the molecule is Cc1ccc(C(C)NC2CCOC(C)(C)C2)c(C)c1. The first kappa shape index (κ1) is 14.5. The third-order valence-corrected chi connectivity index (χ3v) is 4.07. The predicted octanol–water partition coefficient (Wildman–Crippen LogP) is 3.91. The van der Waals surface area contributed by atoms with Crippen molar-refractivity contribution in [2.75, 3.05) is 6.61 Å². The van der Waals surface area contributed by atoms with Gasteiger partial charge in [-0.15, -0.1) is 0 Å². The molecule has 1 N–H and O–H groups in total. The van der Waals surface area contributed by atoms with E-state index in [1.807, 2.05) is 0 Å². The lowest BCUT2D eigenvalue weighted by molar-refractivity contribution is -0.0640. The number of aryl methyl sites for hydroxylation is 2. The number of hydrogen-bond acceptors (Lipinski definition) is 2. The Morgan fingerprint density at radius 1 is 1.32 bits per heavy atom. The number of nitrogens with one attached hydrogen (secondary N) is 1. The second kappa shape index (κ2) is 5.64. The van der Waals surface area contributed by atoms with E-state index in [0.29, 0.717) is 12.1 Å². The van der Waals surface area contributed by atoms with E-state index < -0.39 is 0 Å². The second-order valence-corrected chi connectivity index (χ2v) is 6.55. The lowest BCUT2D eigenvalue weighted by Crippen LogP contribution is -2.44. The molecule has 2 heteroatoms. The van der Waals surface area contributed by atoms with Crippen LogP contribution in [0.2, 0.25) is 0 Å². The molecule has 0 radical (unpaired) electrons. The summed E-state index contributed by atoms with van der Waals surface area (Å²) in [6.07, 6.45) is 2.20. The van der Waals surface area contributed by atoms with E-state index in [2.05, 4.69) is 58.1 Å². The lowest BCUT2D eigenvalue weighted by atomic mass is 9.92. The molecule has 0 spiro atoms. The van der Waals surface area contributed by atoms with Crippen molar-refractivity contribution < 1.29 is 4.74 Å². The van der Waals surface area contributed by atoms with Crippen LogP contribution in [0.15, 0.2) is 18.2 Å². The van der Waals surface area contributed by atoms with Crippen LogP contribution in [0.5, 0.6) is 0 Å². The van der Waals surface area contributed by atoms with Crippen LogP contribution in [-0.2, 0) is 4.74 Å². The molecule has 0 saturated carbocycles. The van der Waals surface area contributed by atoms with Gasteiger partial charge in [0.05, 0.1) is 5.60 Å². The Hall–Kier alpha value is -0.860. The number of rotatable bonds is 3. The van der Waals surface area contributed by atoms with Gasteiger partial charge in [-0.25, -0.2) is 0 Å². The molecule has 2 unspecified atom stereocenters. The van der Waals surface area contributed by atoms with Crippen LogP contribution in [0.1, 0.15) is 56.3 Å². The van der Waals surface area contributed by atoms with Crippen molar-refractivity contribution in [3.63, 3.8) is 0 Å². The molecule has 1 aliphatic rings. The highest BCUT2D eigenvalue weighted by Gasteiger charge is 2.29. The predicted molar refractivity (Wildman–Crippen MR) is 80.5 cm³/mol. The van der Waals surface area contributed by atoms with Gasteiger partial charge in [0.2, 0.25) is 0 Å². The molecule has 1 saturated heterocycles. The Bertz CT molecular complexity index is 439. The maximum Gasteiger partial charge on any atom is 0.0641 e. The van der Waals surface area contributed by atoms with Gasteiger partial charge in [-0.2, -0.15) is 0 Å². The van der Waals surface area contributed by atoms with Crippen molar-refractivity contribution in [3.8, 4) is 0 Å². The summed E-state index contributed by atoms with van der Waals surface area (Å²) >= 11 is 0. The Labute approximate surface area is 117 Å². The number of ether oxygens (including phenoxy) is 1. The standard InChI is InChI=1S/C17H27NO/c1-12-6-7-16(13(2)10-12)14(3)18-15-8-9-19-17(4,5)11-15/h6-7,10,14-15,18H,8-9,11H2,1-5H3. The highest BCUT2D eigenvalue weighted by Crippen LogP contribution is 2.26. The van der Waals surface area contributed by atoms with Crippen LogP contribution in [0, 0.1) is 13.8 Å². The molecule has 1 aromatic rings. The van der Waals surface area contributed by atoms with E-state index in [9.17, 15) is 0 Å². The molecule has 1 aliphatic heterocycles. The Kier molecular flexibility index (Phi) is 4.32. The summed E-state index contributed by atoms with van der Waals surface area (Å²) in [5.41, 5.74) is 4.14. The fraction of sp³-hybridized carbons (Fsp3) is 0.647. The summed E-state index contributed by atoms with van der Waals surface area (Å²) in [5.74, 6) is 0. The molecule has 2 nitrogen and oxygen atoms in total. The van der Waals surface area contributed by atoms with Gasteiger partial charge in [-0.1, -0.05) is 23.8 Å². The van der Waals surface area contributed by atoms with Gasteiger partial charge in [0.1, 0.15) is 0 Å². The molecular weight excluding hydrogens is 234 g/mol. The van der Waals surface area contributed by atoms with Crippen LogP contribution < -0.4 is 5.32 Å². The van der Waals surface area contributed by atoms with Crippen LogP contribution in [0.25, 0.3) is 0 Å². The van der Waals surface area contributed by atoms with Crippen molar-refractivity contribution in [2.24, 2.45) is 0 Å². The first-order chi connectivity index (χ1) is 8.87. The van der Waals surface area contributed by atoms with E-state index >= 15 is 0 Å². The highest BCUT2D eigenvalue weighted by atomic mass is 16.5. The zero-order valence-electron chi connectivity index (χ0n) is 12.9. The molecule has 2 rings (SSSR count). The van der Waals surface area contributed by atoms with Crippen molar-refractivity contribution >= 4 is 0 Å². The fourth-order valence-corrected chi connectivity index (χ4v) is 3.13. The third kappa shape index (κ3) is 3.80. The summed E-state index contributed by atoms with van der Waals surface area (Å²) in [7, 11) is 0. The molecule has 1 aromatic carbocycles. The molecule has 106 valence electrons. The van der Waals surface area contributed by atoms with E-state index in [1.165, 1.54) is 16.7 Å². The van der Waals surface area contributed by atoms with Gasteiger partial charge in [0, 0.05) is 18.7 Å². The van der Waals surface area contributed by atoms with Gasteiger partial charge >= 0.3 is 0 Å². The zero-order valence-corrected chi connectivity index (χ0v) is 12.9. The molecule has 2 atom stereocenters. The van der Waals surface area contributed by atoms with Crippen LogP contribution >= 0.6 is 0 Å². The quantitative estimate of drug-likeness (QED) is 0.890. The second-order valence-electron chi connectivity index (χ2n) is 6.55. The third-order valence-electron chi connectivity index (χ3n) is 4.07. The average molecular weight is 261 g/mol. The monoisotopic (exact) mass is 261 g/mol. The average Bonchev–Trinajstić information content (AvgIpc) is 2.27. The minimum absolute atomic E-state index is 0.0119. The lowest BCUT2D eigenvalue weighted by Gasteiger charge is -2.37. The van der Waals surface area contributed by atoms with E-state index in [4.69, 9.17) is 4.74 Å². The summed E-state index contributed by atoms with van der Waals surface area (Å²) in [6, 6.07) is 7.68. The van der Waals surface area contributed by atoms with Crippen LogP contribution in [-0.4, -0.2) is 18.2 Å². The van der Waals surface area contributed by atoms with Gasteiger partial charge in [-0.3, -0.25) is 0 Å². The topological polar surface area (TPSA) is 21.3 Å². The van der Waals surface area contributed by atoms with E-state index in [1.54, 1.807) is 0 Å². The van der Waals surface area contributed by atoms with Gasteiger partial charge < -0.3 is 10.1 Å². The molecule has 1 heterocycles.